The molecule has 0 aliphatic carbocycles. The van der Waals surface area contributed by atoms with E-state index in [0.717, 1.165) is 4.31 Å². The molecule has 2 heterocycles. The van der Waals surface area contributed by atoms with Gasteiger partial charge in [-0.3, -0.25) is 9.89 Å². The Morgan fingerprint density at radius 2 is 2.43 bits per heavy atom. The van der Waals surface area contributed by atoms with E-state index in [0.29, 0.717) is 0 Å². The van der Waals surface area contributed by atoms with Crippen LogP contribution in [0.3, 0.4) is 0 Å². The quantitative estimate of drug-likeness (QED) is 0.537. The van der Waals surface area contributed by atoms with Crippen LogP contribution in [-0.4, -0.2) is 86.1 Å². The minimum atomic E-state index is -3.80. The zero-order valence-corrected chi connectivity index (χ0v) is 13.5. The van der Waals surface area contributed by atoms with Crippen LogP contribution < -0.4 is 5.32 Å². The highest BCUT2D eigenvalue weighted by atomic mass is 32.2. The number of nitrogens with zero attached hydrogens (tertiary/aromatic N) is 2. The van der Waals surface area contributed by atoms with Crippen LogP contribution in [0.15, 0.2) is 17.3 Å². The van der Waals surface area contributed by atoms with Crippen molar-refractivity contribution in [2.45, 2.75) is 10.5 Å². The Labute approximate surface area is 133 Å². The van der Waals surface area contributed by atoms with Gasteiger partial charge in [0.1, 0.15) is 17.1 Å². The number of ether oxygens (including phenoxy) is 2. The van der Waals surface area contributed by atoms with Crippen LogP contribution in [0.5, 0.6) is 0 Å². The van der Waals surface area contributed by atoms with Crippen molar-refractivity contribution in [1.29, 1.82) is 0 Å². The van der Waals surface area contributed by atoms with Crippen molar-refractivity contribution in [2.24, 2.45) is 0 Å². The molecule has 1 saturated heterocycles. The standard InChI is InChI=1S/C12H20N4O6S/c1-21-6-11(17)13-7-12(18)8-16(2-3-22-9-12)23(19,20)10-4-14-15-5-10/h4-5,18H,2-3,6-9H2,1H3,(H,13,17)(H,14,15)/t12-/m1/s1. The Balaban J connectivity index is 2.09. The maximum atomic E-state index is 12.5. The van der Waals surface area contributed by atoms with Crippen LogP contribution in [0.2, 0.25) is 0 Å². The highest BCUT2D eigenvalue weighted by Crippen LogP contribution is 2.19. The zero-order chi connectivity index (χ0) is 16.9. The molecule has 0 unspecified atom stereocenters. The maximum absolute atomic E-state index is 12.5. The van der Waals surface area contributed by atoms with Gasteiger partial charge < -0.3 is 19.9 Å². The van der Waals surface area contributed by atoms with Gasteiger partial charge >= 0.3 is 0 Å². The van der Waals surface area contributed by atoms with Gasteiger partial charge in [0.15, 0.2) is 0 Å². The number of β-amino-alcohol motifs (C(OH)–C–C–N with tert-alkyl or cyclic N) is 1. The van der Waals surface area contributed by atoms with E-state index in [9.17, 15) is 18.3 Å². The minimum absolute atomic E-state index is 0.00479. The lowest BCUT2D eigenvalue weighted by molar-refractivity contribution is -0.126. The molecule has 10 nitrogen and oxygen atoms in total. The monoisotopic (exact) mass is 348 g/mol. The number of aliphatic hydroxyl groups is 1. The number of aromatic amines is 1. The lowest BCUT2D eigenvalue weighted by atomic mass is 10.1. The lowest BCUT2D eigenvalue weighted by Gasteiger charge is -2.30. The topological polar surface area (TPSA) is 134 Å². The van der Waals surface area contributed by atoms with Gasteiger partial charge in [-0.1, -0.05) is 0 Å². The third kappa shape index (κ3) is 4.48. The summed E-state index contributed by atoms with van der Waals surface area (Å²) in [6.45, 7) is -0.334. The molecule has 0 aromatic carbocycles. The van der Waals surface area contributed by atoms with Gasteiger partial charge in [-0.25, -0.2) is 8.42 Å². The third-order valence-electron chi connectivity index (χ3n) is 3.33. The van der Waals surface area contributed by atoms with Crippen molar-refractivity contribution in [3.63, 3.8) is 0 Å². The van der Waals surface area contributed by atoms with Gasteiger partial charge in [-0.2, -0.15) is 9.40 Å². The Morgan fingerprint density at radius 1 is 1.65 bits per heavy atom. The SMILES string of the molecule is COCC(=O)NC[C@]1(O)COCCN(S(=O)(=O)c2cn[nH]c2)C1. The first-order valence-electron chi connectivity index (χ1n) is 6.92. The molecule has 1 atom stereocenters. The summed E-state index contributed by atoms with van der Waals surface area (Å²) >= 11 is 0. The highest BCUT2D eigenvalue weighted by molar-refractivity contribution is 7.89. The first-order chi connectivity index (χ1) is 10.9. The minimum Gasteiger partial charge on any atom is -0.384 e. The molecule has 1 aliphatic heterocycles. The summed E-state index contributed by atoms with van der Waals surface area (Å²) < 4.78 is 36.1. The van der Waals surface area contributed by atoms with E-state index in [1.54, 1.807) is 0 Å². The van der Waals surface area contributed by atoms with E-state index in [2.05, 4.69) is 20.3 Å². The predicted octanol–water partition coefficient (Wildman–Crippen LogP) is -2.08. The number of methoxy groups -OCH3 is 1. The second-order valence-corrected chi connectivity index (χ2v) is 7.20. The largest absolute Gasteiger partial charge is 0.384 e. The molecule has 23 heavy (non-hydrogen) atoms. The van der Waals surface area contributed by atoms with Crippen molar-refractivity contribution in [2.75, 3.05) is 46.6 Å². The van der Waals surface area contributed by atoms with Crippen molar-refractivity contribution in [3.8, 4) is 0 Å². The van der Waals surface area contributed by atoms with Crippen LogP contribution in [0.25, 0.3) is 0 Å². The summed E-state index contributed by atoms with van der Waals surface area (Å²) in [5, 5.41) is 19.2. The second kappa shape index (κ2) is 7.36. The number of carbonyl (C=O) groups excluding carboxylic acids is 1. The van der Waals surface area contributed by atoms with Gasteiger partial charge in [0, 0.05) is 32.9 Å². The number of hydrogen-bond acceptors (Lipinski definition) is 7. The van der Waals surface area contributed by atoms with Crippen LogP contribution in [0, 0.1) is 0 Å². The molecule has 1 fully saturated rings. The number of aromatic nitrogens is 2. The number of hydrogen-bond donors (Lipinski definition) is 3. The van der Waals surface area contributed by atoms with Gasteiger partial charge in [0.2, 0.25) is 15.9 Å². The Hall–Kier alpha value is -1.53. The molecular formula is C12H20N4O6S. The molecule has 0 spiro atoms. The number of H-pyrrole nitrogens is 1. The summed E-state index contributed by atoms with van der Waals surface area (Å²) in [6, 6.07) is 0. The average Bonchev–Trinajstić information content (AvgIpc) is 2.97. The van der Waals surface area contributed by atoms with E-state index < -0.39 is 21.5 Å². The summed E-state index contributed by atoms with van der Waals surface area (Å²) in [6.07, 6.45) is 2.46. The van der Waals surface area contributed by atoms with E-state index in [1.165, 1.54) is 19.5 Å². The molecule has 0 radical (unpaired) electrons. The first kappa shape index (κ1) is 17.8. The average molecular weight is 348 g/mol. The fourth-order valence-corrected chi connectivity index (χ4v) is 3.58. The van der Waals surface area contributed by atoms with Gasteiger partial charge in [0.05, 0.1) is 19.4 Å². The van der Waals surface area contributed by atoms with E-state index in [4.69, 9.17) is 4.74 Å². The fraction of sp³-hybridized carbons (Fsp3) is 0.667. The Bertz CT molecular complexity index is 620. The normalized spacial score (nSPS) is 23.4. The van der Waals surface area contributed by atoms with Gasteiger partial charge in [0.25, 0.3) is 0 Å². The number of rotatable bonds is 6. The fourth-order valence-electron chi connectivity index (χ4n) is 2.17. The van der Waals surface area contributed by atoms with Crippen LogP contribution in [0.1, 0.15) is 0 Å². The van der Waals surface area contributed by atoms with Crippen LogP contribution in [-0.2, 0) is 24.3 Å². The van der Waals surface area contributed by atoms with Crippen LogP contribution >= 0.6 is 0 Å². The number of carbonyl (C=O) groups is 1. The zero-order valence-electron chi connectivity index (χ0n) is 12.7. The summed E-state index contributed by atoms with van der Waals surface area (Å²) in [7, 11) is -2.42. The summed E-state index contributed by atoms with van der Waals surface area (Å²) in [4.78, 5) is 11.5. The van der Waals surface area contributed by atoms with Crippen LogP contribution in [0.4, 0.5) is 0 Å². The molecule has 1 aromatic rings. The van der Waals surface area contributed by atoms with Gasteiger partial charge in [-0.15, -0.1) is 0 Å². The molecule has 0 bridgehead atoms. The van der Waals surface area contributed by atoms with E-state index >= 15 is 0 Å². The third-order valence-corrected chi connectivity index (χ3v) is 5.14. The highest BCUT2D eigenvalue weighted by Gasteiger charge is 2.38. The second-order valence-electron chi connectivity index (χ2n) is 5.26. The summed E-state index contributed by atoms with van der Waals surface area (Å²) in [5.41, 5.74) is -1.53. The molecule has 3 N–H and O–H groups in total. The number of amides is 1. The predicted molar refractivity (Wildman–Crippen MR) is 78.0 cm³/mol. The molecule has 1 aromatic heterocycles. The van der Waals surface area contributed by atoms with Gasteiger partial charge in [-0.05, 0) is 0 Å². The van der Waals surface area contributed by atoms with E-state index in [-0.39, 0.29) is 44.4 Å². The number of nitrogens with one attached hydrogen (secondary N) is 2. The number of sulfonamides is 1. The van der Waals surface area contributed by atoms with Crippen molar-refractivity contribution >= 4 is 15.9 Å². The molecule has 11 heteroatoms. The molecule has 1 aliphatic rings. The van der Waals surface area contributed by atoms with E-state index in [1.807, 2.05) is 0 Å². The summed E-state index contributed by atoms with van der Waals surface area (Å²) in [5.74, 6) is -0.408. The molecule has 0 saturated carbocycles. The Morgan fingerprint density at radius 3 is 3.09 bits per heavy atom. The van der Waals surface area contributed by atoms with Crippen molar-refractivity contribution in [3.05, 3.63) is 12.4 Å². The molecular weight excluding hydrogens is 328 g/mol. The lowest BCUT2D eigenvalue weighted by Crippen LogP contribution is -2.53. The van der Waals surface area contributed by atoms with Crippen molar-refractivity contribution < 1.29 is 27.8 Å². The smallest absolute Gasteiger partial charge is 0.246 e. The Kier molecular flexibility index (Phi) is 5.70. The molecule has 130 valence electrons. The molecule has 2 rings (SSSR count). The maximum Gasteiger partial charge on any atom is 0.246 e. The first-order valence-corrected chi connectivity index (χ1v) is 8.36. The van der Waals surface area contributed by atoms with Crippen molar-refractivity contribution in [1.82, 2.24) is 19.8 Å². The molecule has 1 amide bonds.